The zero-order chi connectivity index (χ0) is 17.4. The normalized spacial score (nSPS) is 16.2. The number of hydrogen-bond acceptors (Lipinski definition) is 4. The molecule has 2 rings (SSSR count). The lowest BCUT2D eigenvalue weighted by Crippen LogP contribution is -2.46. The number of nitro benzene ring substituents is 1. The van der Waals surface area contributed by atoms with E-state index >= 15 is 0 Å². The van der Waals surface area contributed by atoms with Crippen LogP contribution in [0.5, 0.6) is 0 Å². The fourth-order valence-electron chi connectivity index (χ4n) is 2.61. The lowest BCUT2D eigenvalue weighted by molar-refractivity contribution is -0.384. The number of aliphatic imine (C=N–C) groups is 1. The van der Waals surface area contributed by atoms with E-state index in [1.807, 2.05) is 0 Å². The summed E-state index contributed by atoms with van der Waals surface area (Å²) in [6.45, 7) is 5.07. The zero-order valence-corrected chi connectivity index (χ0v) is 14.1. The van der Waals surface area contributed by atoms with Gasteiger partial charge in [-0.3, -0.25) is 10.1 Å². The van der Waals surface area contributed by atoms with E-state index in [1.165, 1.54) is 12.1 Å². The van der Waals surface area contributed by atoms with Gasteiger partial charge in [0.25, 0.3) is 5.69 Å². The standard InChI is InChI=1S/C17H26N4O3/c1-2-3-10-18-17(20-11-8-16(22)9-12-20)19-13-14-4-6-15(7-5-14)21(23)24/h4-7,16,22H,2-3,8-13H2,1H3,(H,18,19). The molecule has 7 nitrogen and oxygen atoms in total. The quantitative estimate of drug-likeness (QED) is 0.274. The first kappa shape index (κ1) is 18.2. The van der Waals surface area contributed by atoms with Gasteiger partial charge in [-0.05, 0) is 24.8 Å². The van der Waals surface area contributed by atoms with Crippen molar-refractivity contribution in [1.29, 1.82) is 0 Å². The SMILES string of the molecule is CCCCNC(=NCc1ccc([N+](=O)[O-])cc1)N1CCC(O)CC1. The van der Waals surface area contributed by atoms with Crippen molar-refractivity contribution < 1.29 is 10.0 Å². The van der Waals surface area contributed by atoms with Gasteiger partial charge in [-0.1, -0.05) is 25.5 Å². The maximum Gasteiger partial charge on any atom is 0.269 e. The van der Waals surface area contributed by atoms with Gasteiger partial charge in [0.15, 0.2) is 5.96 Å². The Hall–Kier alpha value is -2.15. The molecule has 1 fully saturated rings. The van der Waals surface area contributed by atoms with Crippen molar-refractivity contribution in [2.75, 3.05) is 19.6 Å². The van der Waals surface area contributed by atoms with E-state index in [1.54, 1.807) is 12.1 Å². The van der Waals surface area contributed by atoms with Crippen molar-refractivity contribution in [3.8, 4) is 0 Å². The number of piperidine rings is 1. The molecule has 0 atom stereocenters. The summed E-state index contributed by atoms with van der Waals surface area (Å²) in [6.07, 6.45) is 3.49. The van der Waals surface area contributed by atoms with Crippen LogP contribution in [-0.4, -0.2) is 46.6 Å². The number of nitrogens with zero attached hydrogens (tertiary/aromatic N) is 3. The summed E-state index contributed by atoms with van der Waals surface area (Å²) in [5, 5.41) is 23.7. The van der Waals surface area contributed by atoms with Crippen LogP contribution in [0.1, 0.15) is 38.2 Å². The first-order valence-electron chi connectivity index (χ1n) is 8.54. The summed E-state index contributed by atoms with van der Waals surface area (Å²) in [6, 6.07) is 6.50. The van der Waals surface area contributed by atoms with Gasteiger partial charge in [0, 0.05) is 31.8 Å². The molecule has 1 aliphatic rings. The highest BCUT2D eigenvalue weighted by Crippen LogP contribution is 2.14. The van der Waals surface area contributed by atoms with Crippen LogP contribution in [0.3, 0.4) is 0 Å². The summed E-state index contributed by atoms with van der Waals surface area (Å²) >= 11 is 0. The number of aliphatic hydroxyl groups excluding tert-OH is 1. The number of nitro groups is 1. The Kier molecular flexibility index (Phi) is 6.99. The summed E-state index contributed by atoms with van der Waals surface area (Å²) in [7, 11) is 0. The predicted molar refractivity (Wildman–Crippen MR) is 94.0 cm³/mol. The largest absolute Gasteiger partial charge is 0.393 e. The third-order valence-electron chi connectivity index (χ3n) is 4.14. The van der Waals surface area contributed by atoms with Gasteiger partial charge in [-0.15, -0.1) is 0 Å². The van der Waals surface area contributed by atoms with Crippen LogP contribution in [0.4, 0.5) is 5.69 Å². The molecule has 0 bridgehead atoms. The summed E-state index contributed by atoms with van der Waals surface area (Å²) in [5.74, 6) is 0.855. The van der Waals surface area contributed by atoms with Crippen LogP contribution >= 0.6 is 0 Å². The summed E-state index contributed by atoms with van der Waals surface area (Å²) < 4.78 is 0. The molecule has 0 aliphatic carbocycles. The molecule has 1 heterocycles. The first-order valence-corrected chi connectivity index (χ1v) is 8.54. The Morgan fingerprint density at radius 2 is 2.04 bits per heavy atom. The molecule has 7 heteroatoms. The van der Waals surface area contributed by atoms with Crippen molar-refractivity contribution in [2.45, 2.75) is 45.3 Å². The first-order chi connectivity index (χ1) is 11.6. The highest BCUT2D eigenvalue weighted by Gasteiger charge is 2.19. The minimum atomic E-state index is -0.399. The average molecular weight is 334 g/mol. The molecule has 1 aromatic carbocycles. The number of guanidine groups is 1. The Morgan fingerprint density at radius 3 is 2.62 bits per heavy atom. The van der Waals surface area contributed by atoms with Gasteiger partial charge >= 0.3 is 0 Å². The number of likely N-dealkylation sites (tertiary alicyclic amines) is 1. The van der Waals surface area contributed by atoms with Gasteiger partial charge in [0.05, 0.1) is 17.6 Å². The fourth-order valence-corrected chi connectivity index (χ4v) is 2.61. The second kappa shape index (κ2) is 9.22. The van der Waals surface area contributed by atoms with E-state index < -0.39 is 4.92 Å². The Morgan fingerprint density at radius 1 is 1.38 bits per heavy atom. The molecule has 0 aromatic heterocycles. The van der Waals surface area contributed by atoms with Crippen LogP contribution < -0.4 is 5.32 Å². The van der Waals surface area contributed by atoms with Crippen LogP contribution in [0.15, 0.2) is 29.3 Å². The molecule has 0 unspecified atom stereocenters. The van der Waals surface area contributed by atoms with E-state index in [0.29, 0.717) is 6.54 Å². The van der Waals surface area contributed by atoms with Crippen LogP contribution in [0.25, 0.3) is 0 Å². The Labute approximate surface area is 142 Å². The van der Waals surface area contributed by atoms with E-state index in [0.717, 1.165) is 56.8 Å². The van der Waals surface area contributed by atoms with Crippen molar-refractivity contribution in [1.82, 2.24) is 10.2 Å². The fraction of sp³-hybridized carbons (Fsp3) is 0.588. The van der Waals surface area contributed by atoms with Gasteiger partial charge in [0.2, 0.25) is 0 Å². The highest BCUT2D eigenvalue weighted by atomic mass is 16.6. The molecule has 0 spiro atoms. The smallest absolute Gasteiger partial charge is 0.269 e. The number of aliphatic hydroxyl groups is 1. The van der Waals surface area contributed by atoms with E-state index in [-0.39, 0.29) is 11.8 Å². The molecular weight excluding hydrogens is 308 g/mol. The third-order valence-corrected chi connectivity index (χ3v) is 4.14. The second-order valence-corrected chi connectivity index (χ2v) is 6.06. The third kappa shape index (κ3) is 5.49. The average Bonchev–Trinajstić information content (AvgIpc) is 2.59. The van der Waals surface area contributed by atoms with Crippen molar-refractivity contribution in [2.24, 2.45) is 4.99 Å². The van der Waals surface area contributed by atoms with Crippen LogP contribution in [0, 0.1) is 10.1 Å². The summed E-state index contributed by atoms with van der Waals surface area (Å²) in [4.78, 5) is 17.1. The van der Waals surface area contributed by atoms with E-state index in [4.69, 9.17) is 0 Å². The molecule has 1 aromatic rings. The number of benzene rings is 1. The number of non-ortho nitro benzene ring substituents is 1. The molecular formula is C17H26N4O3. The number of hydrogen-bond donors (Lipinski definition) is 2. The van der Waals surface area contributed by atoms with Gasteiger partial charge in [0.1, 0.15) is 0 Å². The number of nitrogens with one attached hydrogen (secondary N) is 1. The minimum absolute atomic E-state index is 0.0917. The molecule has 1 aliphatic heterocycles. The number of rotatable bonds is 6. The Bertz CT molecular complexity index is 551. The molecule has 1 saturated heterocycles. The molecule has 0 saturated carbocycles. The lowest BCUT2D eigenvalue weighted by atomic mass is 10.1. The van der Waals surface area contributed by atoms with Crippen molar-refractivity contribution in [3.05, 3.63) is 39.9 Å². The zero-order valence-electron chi connectivity index (χ0n) is 14.1. The molecule has 132 valence electrons. The van der Waals surface area contributed by atoms with E-state index in [9.17, 15) is 15.2 Å². The molecule has 0 amide bonds. The van der Waals surface area contributed by atoms with Crippen molar-refractivity contribution in [3.63, 3.8) is 0 Å². The van der Waals surface area contributed by atoms with E-state index in [2.05, 4.69) is 22.1 Å². The van der Waals surface area contributed by atoms with Gasteiger partial charge < -0.3 is 15.3 Å². The Balaban J connectivity index is 2.01. The number of unbranched alkanes of at least 4 members (excludes halogenated alkanes) is 1. The monoisotopic (exact) mass is 334 g/mol. The topological polar surface area (TPSA) is 91.0 Å². The van der Waals surface area contributed by atoms with Crippen LogP contribution in [-0.2, 0) is 6.54 Å². The summed E-state index contributed by atoms with van der Waals surface area (Å²) in [5.41, 5.74) is 1.03. The molecule has 2 N–H and O–H groups in total. The second-order valence-electron chi connectivity index (χ2n) is 6.06. The molecule has 0 radical (unpaired) electrons. The highest BCUT2D eigenvalue weighted by molar-refractivity contribution is 5.80. The maximum atomic E-state index is 10.7. The van der Waals surface area contributed by atoms with Gasteiger partial charge in [-0.25, -0.2) is 4.99 Å². The molecule has 24 heavy (non-hydrogen) atoms. The maximum absolute atomic E-state index is 10.7. The van der Waals surface area contributed by atoms with Crippen LogP contribution in [0.2, 0.25) is 0 Å². The van der Waals surface area contributed by atoms with Crippen molar-refractivity contribution >= 4 is 11.6 Å². The minimum Gasteiger partial charge on any atom is -0.393 e. The predicted octanol–water partition coefficient (Wildman–Crippen LogP) is 2.30. The lowest BCUT2D eigenvalue weighted by Gasteiger charge is -2.32. The van der Waals surface area contributed by atoms with Gasteiger partial charge in [-0.2, -0.15) is 0 Å².